The number of aromatic nitrogens is 3. The fourth-order valence-electron chi connectivity index (χ4n) is 3.60. The predicted octanol–water partition coefficient (Wildman–Crippen LogP) is 4.57. The molecule has 5 nitrogen and oxygen atoms in total. The summed E-state index contributed by atoms with van der Waals surface area (Å²) >= 11 is 0. The number of fused-ring (bicyclic) bond motifs is 1. The molecule has 0 radical (unpaired) electrons. The Morgan fingerprint density at radius 2 is 1.86 bits per heavy atom. The summed E-state index contributed by atoms with van der Waals surface area (Å²) in [4.78, 5) is 18.7. The lowest BCUT2D eigenvalue weighted by Gasteiger charge is -2.32. The Balaban J connectivity index is 1.82. The minimum absolute atomic E-state index is 0.00545. The number of likely N-dealkylation sites (tertiary alicyclic amines) is 1. The quantitative estimate of drug-likeness (QED) is 0.586. The summed E-state index contributed by atoms with van der Waals surface area (Å²) in [6.45, 7) is 2.47. The molecule has 0 aliphatic carbocycles. The summed E-state index contributed by atoms with van der Waals surface area (Å²) in [6.07, 6.45) is -2.00. The summed E-state index contributed by atoms with van der Waals surface area (Å²) < 4.78 is 54.8. The van der Waals surface area contributed by atoms with Crippen molar-refractivity contribution in [1.29, 1.82) is 0 Å². The van der Waals surface area contributed by atoms with Gasteiger partial charge in [0.1, 0.15) is 5.82 Å². The van der Waals surface area contributed by atoms with Crippen LogP contribution in [0.5, 0.6) is 0 Å². The maximum absolute atomic E-state index is 13.7. The highest BCUT2D eigenvalue weighted by Gasteiger charge is 2.36. The SMILES string of the molecule is C[C@H]1CCCCN1C(=O)c1cc2nc(-c3ccc(F)cc3)cc(C(F)(F)F)n2n1. The maximum Gasteiger partial charge on any atom is 0.433 e. The Bertz CT molecular complexity index is 1060. The number of rotatable bonds is 2. The van der Waals surface area contributed by atoms with Crippen molar-refractivity contribution in [2.75, 3.05) is 6.54 Å². The number of alkyl halides is 3. The van der Waals surface area contributed by atoms with Crippen LogP contribution in [0.1, 0.15) is 42.4 Å². The second-order valence-corrected chi connectivity index (χ2v) is 7.17. The first-order chi connectivity index (χ1) is 13.7. The number of hydrogen-bond acceptors (Lipinski definition) is 3. The molecule has 1 saturated heterocycles. The van der Waals surface area contributed by atoms with E-state index < -0.39 is 23.6 Å². The van der Waals surface area contributed by atoms with Crippen LogP contribution in [-0.2, 0) is 6.18 Å². The molecule has 29 heavy (non-hydrogen) atoms. The van der Waals surface area contributed by atoms with Crippen molar-refractivity contribution in [1.82, 2.24) is 19.5 Å². The van der Waals surface area contributed by atoms with Crippen molar-refractivity contribution in [2.45, 2.75) is 38.4 Å². The van der Waals surface area contributed by atoms with Gasteiger partial charge >= 0.3 is 6.18 Å². The van der Waals surface area contributed by atoms with Crippen LogP contribution < -0.4 is 0 Å². The van der Waals surface area contributed by atoms with Crippen molar-refractivity contribution in [3.05, 3.63) is 53.6 Å². The summed E-state index contributed by atoms with van der Waals surface area (Å²) in [6, 6.07) is 7.13. The van der Waals surface area contributed by atoms with Gasteiger partial charge in [-0.15, -0.1) is 0 Å². The molecule has 0 unspecified atom stereocenters. The van der Waals surface area contributed by atoms with Crippen molar-refractivity contribution in [2.24, 2.45) is 0 Å². The minimum Gasteiger partial charge on any atom is -0.335 e. The van der Waals surface area contributed by atoms with Gasteiger partial charge in [0.05, 0.1) is 5.69 Å². The number of halogens is 4. The molecule has 1 fully saturated rings. The van der Waals surface area contributed by atoms with Gasteiger partial charge in [0.15, 0.2) is 17.0 Å². The number of carbonyl (C=O) groups excluding carboxylic acids is 1. The first kappa shape index (κ1) is 19.4. The lowest BCUT2D eigenvalue weighted by atomic mass is 10.0. The van der Waals surface area contributed by atoms with Gasteiger partial charge in [-0.2, -0.15) is 18.3 Å². The molecule has 0 saturated carbocycles. The van der Waals surface area contributed by atoms with Crippen LogP contribution in [0.3, 0.4) is 0 Å². The van der Waals surface area contributed by atoms with E-state index in [4.69, 9.17) is 0 Å². The molecule has 0 N–H and O–H groups in total. The van der Waals surface area contributed by atoms with Crippen molar-refractivity contribution < 1.29 is 22.4 Å². The second kappa shape index (κ2) is 7.13. The first-order valence-corrected chi connectivity index (χ1v) is 9.29. The van der Waals surface area contributed by atoms with Crippen molar-refractivity contribution in [3.63, 3.8) is 0 Å². The largest absolute Gasteiger partial charge is 0.433 e. The Hall–Kier alpha value is -2.97. The number of amides is 1. The molecule has 0 bridgehead atoms. The zero-order valence-corrected chi connectivity index (χ0v) is 15.6. The van der Waals surface area contributed by atoms with E-state index in [-0.39, 0.29) is 23.1 Å². The smallest absolute Gasteiger partial charge is 0.335 e. The Labute approximate surface area is 164 Å². The van der Waals surface area contributed by atoms with Crippen LogP contribution >= 0.6 is 0 Å². The highest BCUT2D eigenvalue weighted by molar-refractivity contribution is 5.93. The molecule has 152 valence electrons. The molecule has 3 aromatic rings. The first-order valence-electron chi connectivity index (χ1n) is 9.29. The van der Waals surface area contributed by atoms with Gasteiger partial charge in [-0.3, -0.25) is 4.79 Å². The van der Waals surface area contributed by atoms with Gasteiger partial charge < -0.3 is 4.90 Å². The van der Waals surface area contributed by atoms with Crippen molar-refractivity contribution >= 4 is 11.6 Å². The van der Waals surface area contributed by atoms with Crippen LogP contribution in [0, 0.1) is 5.82 Å². The zero-order valence-electron chi connectivity index (χ0n) is 15.6. The molecular formula is C20H18F4N4O. The van der Waals surface area contributed by atoms with Gasteiger partial charge in [0.2, 0.25) is 0 Å². The van der Waals surface area contributed by atoms with E-state index in [0.29, 0.717) is 16.6 Å². The molecule has 9 heteroatoms. The van der Waals surface area contributed by atoms with Gasteiger partial charge in [0.25, 0.3) is 5.91 Å². The summed E-state index contributed by atoms with van der Waals surface area (Å²) in [5.41, 5.74) is -0.860. The predicted molar refractivity (Wildman–Crippen MR) is 97.7 cm³/mol. The number of carbonyl (C=O) groups is 1. The second-order valence-electron chi connectivity index (χ2n) is 7.17. The van der Waals surface area contributed by atoms with E-state index in [1.807, 2.05) is 6.92 Å². The third-order valence-corrected chi connectivity index (χ3v) is 5.14. The number of nitrogens with zero attached hydrogens (tertiary/aromatic N) is 4. The van der Waals surface area contributed by atoms with Crippen molar-refractivity contribution in [3.8, 4) is 11.3 Å². The molecule has 0 spiro atoms. The van der Waals surface area contributed by atoms with Gasteiger partial charge in [-0.25, -0.2) is 13.9 Å². The molecule has 3 heterocycles. The Morgan fingerprint density at radius 3 is 2.52 bits per heavy atom. The average molecular weight is 406 g/mol. The van der Waals surface area contributed by atoms with Crippen LogP contribution in [0.25, 0.3) is 16.9 Å². The molecule has 2 aromatic heterocycles. The molecular weight excluding hydrogens is 388 g/mol. The number of piperidine rings is 1. The average Bonchev–Trinajstić information content (AvgIpc) is 3.11. The van der Waals surface area contributed by atoms with Gasteiger partial charge in [-0.05, 0) is 56.5 Å². The number of benzene rings is 1. The molecule has 1 aliphatic rings. The zero-order chi connectivity index (χ0) is 20.8. The fraction of sp³-hybridized carbons (Fsp3) is 0.350. The summed E-state index contributed by atoms with van der Waals surface area (Å²) in [5.74, 6) is -0.905. The van der Waals surface area contributed by atoms with E-state index >= 15 is 0 Å². The van der Waals surface area contributed by atoms with E-state index in [0.717, 1.165) is 37.5 Å². The standard InChI is InChI=1S/C20H18F4N4O/c1-12-4-2-3-9-27(12)19(29)16-11-18-25-15(13-5-7-14(21)8-6-13)10-17(20(22,23)24)28(18)26-16/h5-8,10-12H,2-4,9H2,1H3/t12-/m0/s1. The lowest BCUT2D eigenvalue weighted by Crippen LogP contribution is -2.42. The fourth-order valence-corrected chi connectivity index (χ4v) is 3.60. The van der Waals surface area contributed by atoms with E-state index in [1.54, 1.807) is 4.90 Å². The normalized spacial score (nSPS) is 17.7. The van der Waals surface area contributed by atoms with E-state index in [2.05, 4.69) is 10.1 Å². The summed E-state index contributed by atoms with van der Waals surface area (Å²) in [5, 5.41) is 3.92. The molecule has 1 atom stereocenters. The monoisotopic (exact) mass is 406 g/mol. The third kappa shape index (κ3) is 3.68. The molecule has 4 rings (SSSR count). The number of hydrogen-bond donors (Lipinski definition) is 0. The Kier molecular flexibility index (Phi) is 4.76. The highest BCUT2D eigenvalue weighted by atomic mass is 19.4. The lowest BCUT2D eigenvalue weighted by molar-refractivity contribution is -0.142. The van der Waals surface area contributed by atoms with Gasteiger partial charge in [0, 0.05) is 24.2 Å². The molecule has 1 aliphatic heterocycles. The molecule has 1 aromatic carbocycles. The highest BCUT2D eigenvalue weighted by Crippen LogP contribution is 2.32. The molecule has 1 amide bonds. The van der Waals surface area contributed by atoms with E-state index in [1.165, 1.54) is 18.2 Å². The maximum atomic E-state index is 13.7. The topological polar surface area (TPSA) is 50.5 Å². The van der Waals surface area contributed by atoms with Crippen LogP contribution in [0.4, 0.5) is 17.6 Å². The van der Waals surface area contributed by atoms with E-state index in [9.17, 15) is 22.4 Å². The van der Waals surface area contributed by atoms with Crippen LogP contribution in [0.2, 0.25) is 0 Å². The summed E-state index contributed by atoms with van der Waals surface area (Å²) in [7, 11) is 0. The minimum atomic E-state index is -4.71. The van der Waals surface area contributed by atoms with Gasteiger partial charge in [-0.1, -0.05) is 0 Å². The van der Waals surface area contributed by atoms with Crippen LogP contribution in [-0.4, -0.2) is 38.0 Å². The third-order valence-electron chi connectivity index (χ3n) is 5.14. The van der Waals surface area contributed by atoms with Crippen LogP contribution in [0.15, 0.2) is 36.4 Å². The Morgan fingerprint density at radius 1 is 1.14 bits per heavy atom.